The molecule has 35 valence electrons. The van der Waals surface area contributed by atoms with Crippen LogP contribution in [0.15, 0.2) is 0 Å². The standard InChI is InChI=1S/C4H8NO/c1-4(2)5-3-6/h3H,1-2H3,(H,5,6). The van der Waals surface area contributed by atoms with Gasteiger partial charge in [0.2, 0.25) is 6.41 Å². The van der Waals surface area contributed by atoms with Crippen LogP contribution in [0.2, 0.25) is 0 Å². The SMILES string of the molecule is C[C](C)NC=O. The molecule has 0 aromatic heterocycles. The predicted octanol–water partition coefficient (Wildman–Crippen LogP) is 0.304. The summed E-state index contributed by atoms with van der Waals surface area (Å²) >= 11 is 0. The average Bonchev–Trinajstić information content (AvgIpc) is 1.35. The van der Waals surface area contributed by atoms with Gasteiger partial charge in [0.25, 0.3) is 0 Å². The summed E-state index contributed by atoms with van der Waals surface area (Å²) in [4.78, 5) is 9.48. The molecule has 2 nitrogen and oxygen atoms in total. The second kappa shape index (κ2) is 2.69. The zero-order chi connectivity index (χ0) is 4.99. The van der Waals surface area contributed by atoms with Gasteiger partial charge in [0.15, 0.2) is 0 Å². The Balaban J connectivity index is 2.81. The molecule has 0 heterocycles. The third kappa shape index (κ3) is 3.47. The van der Waals surface area contributed by atoms with E-state index in [0.29, 0.717) is 6.41 Å². The van der Waals surface area contributed by atoms with Crippen molar-refractivity contribution in [2.45, 2.75) is 13.8 Å². The Labute approximate surface area is 37.5 Å². The highest BCUT2D eigenvalue weighted by Gasteiger charge is 1.82. The molecular formula is C4H8NO. The molecule has 6 heavy (non-hydrogen) atoms. The van der Waals surface area contributed by atoms with Crippen molar-refractivity contribution in [2.24, 2.45) is 0 Å². The summed E-state index contributed by atoms with van der Waals surface area (Å²) in [5.41, 5.74) is 0. The lowest BCUT2D eigenvalue weighted by atomic mass is 10.4. The molecule has 2 heteroatoms. The van der Waals surface area contributed by atoms with Crippen molar-refractivity contribution in [2.75, 3.05) is 0 Å². The second-order valence-electron chi connectivity index (χ2n) is 1.26. The van der Waals surface area contributed by atoms with Gasteiger partial charge in [-0.05, 0) is 13.8 Å². The quantitative estimate of drug-likeness (QED) is 0.481. The van der Waals surface area contributed by atoms with Gasteiger partial charge in [-0.25, -0.2) is 0 Å². The van der Waals surface area contributed by atoms with Crippen molar-refractivity contribution in [3.63, 3.8) is 0 Å². The minimum absolute atomic E-state index is 0.662. The van der Waals surface area contributed by atoms with E-state index in [-0.39, 0.29) is 0 Å². The number of rotatable bonds is 2. The normalized spacial score (nSPS) is 8.50. The van der Waals surface area contributed by atoms with Crippen LogP contribution in [-0.2, 0) is 4.79 Å². The first kappa shape index (κ1) is 5.47. The molecule has 0 aliphatic carbocycles. The number of nitrogens with one attached hydrogen (secondary N) is 1. The van der Waals surface area contributed by atoms with Crippen LogP contribution in [0.1, 0.15) is 13.8 Å². The van der Waals surface area contributed by atoms with Gasteiger partial charge in [0, 0.05) is 0 Å². The number of hydrogen-bond acceptors (Lipinski definition) is 1. The predicted molar refractivity (Wildman–Crippen MR) is 23.8 cm³/mol. The molecule has 0 saturated carbocycles. The highest BCUT2D eigenvalue weighted by atomic mass is 16.1. The molecule has 0 aromatic carbocycles. The number of hydrogen-bond donors (Lipinski definition) is 1. The van der Waals surface area contributed by atoms with Crippen LogP contribution in [0.25, 0.3) is 0 Å². The van der Waals surface area contributed by atoms with E-state index in [1.54, 1.807) is 0 Å². The third-order valence-electron chi connectivity index (χ3n) is 0.348. The van der Waals surface area contributed by atoms with Crippen molar-refractivity contribution in [3.05, 3.63) is 6.04 Å². The summed E-state index contributed by atoms with van der Waals surface area (Å²) in [5, 5.41) is 2.44. The summed E-state index contributed by atoms with van der Waals surface area (Å²) in [5.74, 6) is 0. The third-order valence-corrected chi connectivity index (χ3v) is 0.348. The van der Waals surface area contributed by atoms with Crippen LogP contribution in [-0.4, -0.2) is 6.41 Å². The van der Waals surface area contributed by atoms with Crippen LogP contribution in [0, 0.1) is 6.04 Å². The van der Waals surface area contributed by atoms with Crippen molar-refractivity contribution in [1.82, 2.24) is 5.32 Å². The van der Waals surface area contributed by atoms with E-state index in [1.807, 2.05) is 13.8 Å². The monoisotopic (exact) mass is 86.1 g/mol. The van der Waals surface area contributed by atoms with Crippen LogP contribution < -0.4 is 5.32 Å². The molecule has 0 fully saturated rings. The smallest absolute Gasteiger partial charge is 0.207 e. The first-order valence-corrected chi connectivity index (χ1v) is 1.77. The van der Waals surface area contributed by atoms with E-state index < -0.39 is 0 Å². The van der Waals surface area contributed by atoms with Crippen LogP contribution in [0.4, 0.5) is 0 Å². The average molecular weight is 86.1 g/mol. The lowest BCUT2D eigenvalue weighted by Gasteiger charge is -1.94. The van der Waals surface area contributed by atoms with Gasteiger partial charge < -0.3 is 5.32 Å². The summed E-state index contributed by atoms with van der Waals surface area (Å²) in [6.45, 7) is 3.66. The van der Waals surface area contributed by atoms with E-state index >= 15 is 0 Å². The zero-order valence-corrected chi connectivity index (χ0v) is 3.99. The molecular weight excluding hydrogens is 78.0 g/mol. The first-order chi connectivity index (χ1) is 2.77. The van der Waals surface area contributed by atoms with Crippen molar-refractivity contribution >= 4 is 6.41 Å². The van der Waals surface area contributed by atoms with Crippen LogP contribution in [0.5, 0.6) is 0 Å². The molecule has 0 aliphatic heterocycles. The van der Waals surface area contributed by atoms with Crippen LogP contribution >= 0.6 is 0 Å². The molecule has 0 aliphatic rings. The Kier molecular flexibility index (Phi) is 2.46. The first-order valence-electron chi connectivity index (χ1n) is 1.77. The Morgan fingerprint density at radius 2 is 2.17 bits per heavy atom. The molecule has 0 aromatic rings. The van der Waals surface area contributed by atoms with Crippen molar-refractivity contribution < 1.29 is 4.79 Å². The Morgan fingerprint density at radius 3 is 2.17 bits per heavy atom. The summed E-state index contributed by atoms with van der Waals surface area (Å²) in [6.07, 6.45) is 0.662. The van der Waals surface area contributed by atoms with E-state index in [2.05, 4.69) is 5.32 Å². The van der Waals surface area contributed by atoms with E-state index in [9.17, 15) is 4.79 Å². The topological polar surface area (TPSA) is 29.1 Å². The second-order valence-corrected chi connectivity index (χ2v) is 1.26. The lowest BCUT2D eigenvalue weighted by molar-refractivity contribution is -0.109. The van der Waals surface area contributed by atoms with Gasteiger partial charge in [-0.15, -0.1) is 0 Å². The van der Waals surface area contributed by atoms with E-state index in [0.717, 1.165) is 6.04 Å². The highest BCUT2D eigenvalue weighted by molar-refractivity contribution is 5.48. The molecule has 0 atom stereocenters. The molecule has 1 amide bonds. The molecule has 0 unspecified atom stereocenters. The van der Waals surface area contributed by atoms with Gasteiger partial charge in [-0.2, -0.15) is 0 Å². The molecule has 1 N–H and O–H groups in total. The van der Waals surface area contributed by atoms with Gasteiger partial charge >= 0.3 is 0 Å². The van der Waals surface area contributed by atoms with Crippen molar-refractivity contribution in [3.8, 4) is 0 Å². The maximum Gasteiger partial charge on any atom is 0.207 e. The molecule has 0 saturated heterocycles. The maximum atomic E-state index is 9.48. The maximum absolute atomic E-state index is 9.48. The van der Waals surface area contributed by atoms with Gasteiger partial charge in [-0.3, -0.25) is 4.79 Å². The fraction of sp³-hybridized carbons (Fsp3) is 0.500. The lowest BCUT2D eigenvalue weighted by Crippen LogP contribution is -2.11. The number of amides is 1. The minimum Gasteiger partial charge on any atom is -0.351 e. The van der Waals surface area contributed by atoms with Crippen LogP contribution in [0.3, 0.4) is 0 Å². The van der Waals surface area contributed by atoms with Gasteiger partial charge in [0.1, 0.15) is 0 Å². The van der Waals surface area contributed by atoms with E-state index in [1.165, 1.54) is 0 Å². The fourth-order valence-electron chi connectivity index (χ4n) is 0.118. The van der Waals surface area contributed by atoms with Gasteiger partial charge in [0.05, 0.1) is 6.04 Å². The molecule has 0 rings (SSSR count). The molecule has 0 bridgehead atoms. The zero-order valence-electron chi connectivity index (χ0n) is 3.99. The minimum atomic E-state index is 0.662. The number of carbonyl (C=O) groups is 1. The summed E-state index contributed by atoms with van der Waals surface area (Å²) in [6, 6.07) is 0.921. The summed E-state index contributed by atoms with van der Waals surface area (Å²) < 4.78 is 0. The molecule has 0 spiro atoms. The van der Waals surface area contributed by atoms with Crippen molar-refractivity contribution in [1.29, 1.82) is 0 Å². The number of carbonyl (C=O) groups excluding carboxylic acids is 1. The Morgan fingerprint density at radius 1 is 1.67 bits per heavy atom. The molecule has 1 radical (unpaired) electrons. The van der Waals surface area contributed by atoms with Gasteiger partial charge in [-0.1, -0.05) is 0 Å². The Hall–Kier alpha value is -0.530. The van der Waals surface area contributed by atoms with E-state index in [4.69, 9.17) is 0 Å². The Bertz CT molecular complexity index is 42.8. The fourth-order valence-corrected chi connectivity index (χ4v) is 0.118. The highest BCUT2D eigenvalue weighted by Crippen LogP contribution is 1.80. The summed E-state index contributed by atoms with van der Waals surface area (Å²) in [7, 11) is 0. The largest absolute Gasteiger partial charge is 0.351 e.